The number of amides is 1. The lowest BCUT2D eigenvalue weighted by Gasteiger charge is -2.13. The summed E-state index contributed by atoms with van der Waals surface area (Å²) in [5, 5.41) is 2.81. The Labute approximate surface area is 145 Å². The number of nitrogens with one attached hydrogen (secondary N) is 1. The minimum Gasteiger partial charge on any atom is -0.449 e. The third-order valence-corrected chi connectivity index (χ3v) is 3.30. The van der Waals surface area contributed by atoms with Gasteiger partial charge < -0.3 is 10.1 Å². The number of rotatable bonds is 4. The fourth-order valence-electron chi connectivity index (χ4n) is 1.76. The smallest absolute Gasteiger partial charge is 0.416 e. The van der Waals surface area contributed by atoms with Gasteiger partial charge in [0.1, 0.15) is 5.82 Å². The maximum absolute atomic E-state index is 12.5. The van der Waals surface area contributed by atoms with Crippen LogP contribution in [0.15, 0.2) is 42.6 Å². The van der Waals surface area contributed by atoms with Crippen molar-refractivity contribution in [3.63, 3.8) is 0 Å². The van der Waals surface area contributed by atoms with Crippen LogP contribution in [0.4, 0.5) is 19.0 Å². The first-order chi connectivity index (χ1) is 11.7. The summed E-state index contributed by atoms with van der Waals surface area (Å²) < 4.78 is 42.4. The maximum atomic E-state index is 12.5. The Kier molecular flexibility index (Phi) is 5.63. The molecule has 1 aromatic heterocycles. The fraction of sp³-hybridized carbons (Fsp3) is 0.188. The highest BCUT2D eigenvalue weighted by Gasteiger charge is 2.30. The molecule has 1 aromatic carbocycles. The van der Waals surface area contributed by atoms with Crippen LogP contribution in [0, 0.1) is 0 Å². The third-order valence-electron chi connectivity index (χ3n) is 3.08. The molecule has 0 unspecified atom stereocenters. The quantitative estimate of drug-likeness (QED) is 0.825. The number of aromatic nitrogens is 1. The first-order valence-corrected chi connectivity index (χ1v) is 7.35. The second-order valence-electron chi connectivity index (χ2n) is 4.97. The molecule has 0 saturated carbocycles. The summed E-state index contributed by atoms with van der Waals surface area (Å²) in [4.78, 5) is 27.7. The average Bonchev–Trinajstić information content (AvgIpc) is 2.56. The molecule has 1 heterocycles. The topological polar surface area (TPSA) is 68.3 Å². The number of carbonyl (C=O) groups is 2. The SMILES string of the molecule is C[C@@H](OC(=O)c1ccc(C(F)(F)F)cc1)C(=O)Nc1ccc(Cl)cn1. The third kappa shape index (κ3) is 5.18. The average molecular weight is 373 g/mol. The van der Waals surface area contributed by atoms with E-state index in [9.17, 15) is 22.8 Å². The van der Waals surface area contributed by atoms with E-state index < -0.39 is 29.7 Å². The summed E-state index contributed by atoms with van der Waals surface area (Å²) in [6.45, 7) is 1.33. The minimum absolute atomic E-state index is 0.0998. The largest absolute Gasteiger partial charge is 0.449 e. The van der Waals surface area contributed by atoms with Crippen molar-refractivity contribution in [3.05, 3.63) is 58.7 Å². The number of halogens is 4. The molecule has 2 rings (SSSR count). The van der Waals surface area contributed by atoms with E-state index in [0.29, 0.717) is 5.02 Å². The standard InChI is InChI=1S/C16H12ClF3N2O3/c1-9(14(23)22-13-7-6-12(17)8-21-13)25-15(24)10-2-4-11(5-3-10)16(18,19)20/h2-9H,1H3,(H,21,22,23)/t9-/m1/s1. The first kappa shape index (κ1) is 18.7. The molecule has 0 aliphatic carbocycles. The van der Waals surface area contributed by atoms with E-state index >= 15 is 0 Å². The van der Waals surface area contributed by atoms with Gasteiger partial charge in [-0.25, -0.2) is 9.78 Å². The number of esters is 1. The highest BCUT2D eigenvalue weighted by atomic mass is 35.5. The Morgan fingerprint density at radius 1 is 1.16 bits per heavy atom. The molecule has 0 aliphatic rings. The van der Waals surface area contributed by atoms with E-state index in [-0.39, 0.29) is 11.4 Å². The number of hydrogen-bond acceptors (Lipinski definition) is 4. The van der Waals surface area contributed by atoms with Crippen LogP contribution in [-0.4, -0.2) is 23.0 Å². The van der Waals surface area contributed by atoms with E-state index in [0.717, 1.165) is 24.3 Å². The van der Waals surface area contributed by atoms with Crippen LogP contribution in [0.25, 0.3) is 0 Å². The number of pyridine rings is 1. The van der Waals surface area contributed by atoms with Gasteiger partial charge in [-0.15, -0.1) is 0 Å². The highest BCUT2D eigenvalue weighted by Crippen LogP contribution is 2.29. The fourth-order valence-corrected chi connectivity index (χ4v) is 1.87. The van der Waals surface area contributed by atoms with Gasteiger partial charge in [-0.1, -0.05) is 11.6 Å². The molecule has 0 bridgehead atoms. The van der Waals surface area contributed by atoms with Crippen molar-refractivity contribution in [1.82, 2.24) is 4.98 Å². The van der Waals surface area contributed by atoms with Crippen molar-refractivity contribution >= 4 is 29.3 Å². The molecule has 25 heavy (non-hydrogen) atoms. The van der Waals surface area contributed by atoms with Gasteiger partial charge in [-0.05, 0) is 43.3 Å². The monoisotopic (exact) mass is 372 g/mol. The van der Waals surface area contributed by atoms with E-state index in [1.165, 1.54) is 25.3 Å². The van der Waals surface area contributed by atoms with Crippen LogP contribution in [0.5, 0.6) is 0 Å². The molecule has 9 heteroatoms. The number of nitrogens with zero attached hydrogens (tertiary/aromatic N) is 1. The number of anilines is 1. The van der Waals surface area contributed by atoms with Crippen molar-refractivity contribution in [1.29, 1.82) is 0 Å². The first-order valence-electron chi connectivity index (χ1n) is 6.97. The molecule has 1 amide bonds. The molecule has 0 radical (unpaired) electrons. The van der Waals surface area contributed by atoms with Gasteiger partial charge in [0.2, 0.25) is 0 Å². The molecule has 0 saturated heterocycles. The summed E-state index contributed by atoms with van der Waals surface area (Å²) in [6, 6.07) is 6.47. The molecule has 0 fully saturated rings. The molecule has 2 aromatic rings. The zero-order chi connectivity index (χ0) is 18.6. The predicted molar refractivity (Wildman–Crippen MR) is 84.2 cm³/mol. The van der Waals surface area contributed by atoms with E-state index in [4.69, 9.17) is 16.3 Å². The highest BCUT2D eigenvalue weighted by molar-refractivity contribution is 6.30. The number of hydrogen-bond donors (Lipinski definition) is 1. The lowest BCUT2D eigenvalue weighted by atomic mass is 10.1. The van der Waals surface area contributed by atoms with Gasteiger partial charge in [-0.3, -0.25) is 4.79 Å². The van der Waals surface area contributed by atoms with Crippen LogP contribution in [0.2, 0.25) is 5.02 Å². The van der Waals surface area contributed by atoms with Crippen molar-refractivity contribution in [2.45, 2.75) is 19.2 Å². The number of carbonyl (C=O) groups excluding carboxylic acids is 2. The van der Waals surface area contributed by atoms with Gasteiger partial charge in [0.15, 0.2) is 6.10 Å². The van der Waals surface area contributed by atoms with Crippen molar-refractivity contribution in [2.75, 3.05) is 5.32 Å². The Balaban J connectivity index is 1.97. The summed E-state index contributed by atoms with van der Waals surface area (Å²) in [7, 11) is 0. The second kappa shape index (κ2) is 7.52. The molecule has 5 nitrogen and oxygen atoms in total. The van der Waals surface area contributed by atoms with Gasteiger partial charge >= 0.3 is 12.1 Å². The summed E-state index contributed by atoms with van der Waals surface area (Å²) >= 11 is 5.67. The Morgan fingerprint density at radius 2 is 1.80 bits per heavy atom. The van der Waals surface area contributed by atoms with Gasteiger partial charge in [0, 0.05) is 6.20 Å². The van der Waals surface area contributed by atoms with E-state index in [2.05, 4.69) is 10.3 Å². The maximum Gasteiger partial charge on any atom is 0.416 e. The van der Waals surface area contributed by atoms with E-state index in [1.807, 2.05) is 0 Å². The molecule has 1 atom stereocenters. The van der Waals surface area contributed by atoms with E-state index in [1.54, 1.807) is 0 Å². The zero-order valence-corrected chi connectivity index (χ0v) is 13.6. The number of ether oxygens (including phenoxy) is 1. The molecule has 0 spiro atoms. The predicted octanol–water partition coefficient (Wildman–Crippen LogP) is 3.94. The van der Waals surface area contributed by atoms with Gasteiger partial charge in [0.25, 0.3) is 5.91 Å². The van der Waals surface area contributed by atoms with Crippen LogP contribution in [0.3, 0.4) is 0 Å². The number of benzene rings is 1. The molecule has 1 N–H and O–H groups in total. The normalized spacial score (nSPS) is 12.4. The van der Waals surface area contributed by atoms with Crippen LogP contribution < -0.4 is 5.32 Å². The lowest BCUT2D eigenvalue weighted by molar-refractivity contribution is -0.137. The summed E-state index contributed by atoms with van der Waals surface area (Å²) in [6.07, 6.45) is -4.34. The molecule has 132 valence electrons. The van der Waals surface area contributed by atoms with Crippen LogP contribution in [-0.2, 0) is 15.7 Å². The lowest BCUT2D eigenvalue weighted by Crippen LogP contribution is -2.30. The zero-order valence-electron chi connectivity index (χ0n) is 12.8. The second-order valence-corrected chi connectivity index (χ2v) is 5.41. The molecular weight excluding hydrogens is 361 g/mol. The minimum atomic E-state index is -4.50. The number of alkyl halides is 3. The van der Waals surface area contributed by atoms with Crippen LogP contribution in [0.1, 0.15) is 22.8 Å². The Morgan fingerprint density at radius 3 is 2.32 bits per heavy atom. The van der Waals surface area contributed by atoms with Gasteiger partial charge in [-0.2, -0.15) is 13.2 Å². The molecular formula is C16H12ClF3N2O3. The van der Waals surface area contributed by atoms with Crippen LogP contribution >= 0.6 is 11.6 Å². The Hall–Kier alpha value is -2.61. The molecule has 0 aliphatic heterocycles. The summed E-state index contributed by atoms with van der Waals surface area (Å²) in [5.74, 6) is -1.35. The van der Waals surface area contributed by atoms with Gasteiger partial charge in [0.05, 0.1) is 16.1 Å². The van der Waals surface area contributed by atoms with Crippen molar-refractivity contribution < 1.29 is 27.5 Å². The van der Waals surface area contributed by atoms with Crippen molar-refractivity contribution in [3.8, 4) is 0 Å². The summed E-state index contributed by atoms with van der Waals surface area (Å²) in [5.41, 5.74) is -0.985. The van der Waals surface area contributed by atoms with Crippen molar-refractivity contribution in [2.24, 2.45) is 0 Å². The Bertz CT molecular complexity index is 762.